The molecule has 0 atom stereocenters. The molecule has 94 valence electrons. The third-order valence-corrected chi connectivity index (χ3v) is 4.26. The molecule has 4 nitrogen and oxygen atoms in total. The standard InChI is InChI=1S/C12H13ClN4S/c1-7(2)17-6-14-3-10(17)12-15-9-5-18-4-8(9)11(13)16-12/h3,6-7H,4-5H2,1-2H3. The van der Waals surface area contributed by atoms with Gasteiger partial charge in [-0.25, -0.2) is 15.0 Å². The second-order valence-corrected chi connectivity index (χ2v) is 5.88. The highest BCUT2D eigenvalue weighted by molar-refractivity contribution is 7.98. The molecule has 3 rings (SSSR count). The first-order valence-electron chi connectivity index (χ1n) is 5.82. The monoisotopic (exact) mass is 280 g/mol. The van der Waals surface area contributed by atoms with E-state index in [0.29, 0.717) is 17.0 Å². The quantitative estimate of drug-likeness (QED) is 0.792. The Bertz CT molecular complexity index is 594. The minimum absolute atomic E-state index is 0.326. The Balaban J connectivity index is 2.12. The van der Waals surface area contributed by atoms with Gasteiger partial charge in [0.2, 0.25) is 0 Å². The molecule has 0 saturated carbocycles. The molecular formula is C12H13ClN4S. The average molecular weight is 281 g/mol. The Kier molecular flexibility index (Phi) is 3.03. The molecule has 0 fully saturated rings. The van der Waals surface area contributed by atoms with Crippen molar-refractivity contribution in [3.05, 3.63) is 28.9 Å². The maximum absolute atomic E-state index is 6.23. The van der Waals surface area contributed by atoms with Crippen molar-refractivity contribution in [1.82, 2.24) is 19.5 Å². The Morgan fingerprint density at radius 3 is 2.94 bits per heavy atom. The highest BCUT2D eigenvalue weighted by Crippen LogP contribution is 2.34. The van der Waals surface area contributed by atoms with Gasteiger partial charge in [0.05, 0.1) is 18.2 Å². The van der Waals surface area contributed by atoms with Gasteiger partial charge in [-0.2, -0.15) is 11.8 Å². The maximum Gasteiger partial charge on any atom is 0.179 e. The van der Waals surface area contributed by atoms with E-state index < -0.39 is 0 Å². The fourth-order valence-electron chi connectivity index (χ4n) is 2.02. The Morgan fingerprint density at radius 2 is 2.17 bits per heavy atom. The summed E-state index contributed by atoms with van der Waals surface area (Å²) in [5, 5.41) is 0.580. The van der Waals surface area contributed by atoms with Gasteiger partial charge in [-0.3, -0.25) is 0 Å². The number of hydrogen-bond donors (Lipinski definition) is 0. The number of fused-ring (bicyclic) bond motifs is 1. The van der Waals surface area contributed by atoms with Gasteiger partial charge in [0.15, 0.2) is 5.82 Å². The van der Waals surface area contributed by atoms with E-state index in [1.807, 2.05) is 11.8 Å². The summed E-state index contributed by atoms with van der Waals surface area (Å²) < 4.78 is 2.06. The van der Waals surface area contributed by atoms with Crippen LogP contribution in [0.15, 0.2) is 12.5 Å². The molecular weight excluding hydrogens is 268 g/mol. The molecule has 1 aliphatic heterocycles. The van der Waals surface area contributed by atoms with Crippen LogP contribution in [0.5, 0.6) is 0 Å². The summed E-state index contributed by atoms with van der Waals surface area (Å²) >= 11 is 8.05. The lowest BCUT2D eigenvalue weighted by Crippen LogP contribution is -2.05. The maximum atomic E-state index is 6.23. The molecule has 0 saturated heterocycles. The number of aromatic nitrogens is 4. The smallest absolute Gasteiger partial charge is 0.179 e. The van der Waals surface area contributed by atoms with Crippen LogP contribution in [-0.2, 0) is 11.5 Å². The number of thioether (sulfide) groups is 1. The van der Waals surface area contributed by atoms with Gasteiger partial charge < -0.3 is 4.57 Å². The summed E-state index contributed by atoms with van der Waals surface area (Å²) in [6, 6.07) is 0.326. The van der Waals surface area contributed by atoms with Gasteiger partial charge in [-0.05, 0) is 13.8 Å². The molecule has 3 heterocycles. The van der Waals surface area contributed by atoms with Crippen LogP contribution in [-0.4, -0.2) is 19.5 Å². The number of rotatable bonds is 2. The topological polar surface area (TPSA) is 43.6 Å². The molecule has 0 unspecified atom stereocenters. The van der Waals surface area contributed by atoms with Crippen LogP contribution in [0.2, 0.25) is 5.15 Å². The molecule has 0 spiro atoms. The molecule has 0 aromatic carbocycles. The van der Waals surface area contributed by atoms with E-state index in [-0.39, 0.29) is 0 Å². The molecule has 0 bridgehead atoms. The number of nitrogens with zero attached hydrogens (tertiary/aromatic N) is 4. The first-order valence-corrected chi connectivity index (χ1v) is 7.35. The Labute approximate surface area is 115 Å². The fraction of sp³-hybridized carbons (Fsp3) is 0.417. The predicted octanol–water partition coefficient (Wildman–Crippen LogP) is 3.32. The van der Waals surface area contributed by atoms with E-state index in [1.165, 1.54) is 0 Å². The SMILES string of the molecule is CC(C)n1cncc1-c1nc(Cl)c2c(n1)CSC2. The number of imidazole rings is 1. The van der Waals surface area contributed by atoms with Crippen LogP contribution < -0.4 is 0 Å². The highest BCUT2D eigenvalue weighted by Gasteiger charge is 2.20. The van der Waals surface area contributed by atoms with Crippen LogP contribution in [0.25, 0.3) is 11.5 Å². The summed E-state index contributed by atoms with van der Waals surface area (Å²) in [6.07, 6.45) is 3.60. The highest BCUT2D eigenvalue weighted by atomic mass is 35.5. The summed E-state index contributed by atoms with van der Waals surface area (Å²) in [7, 11) is 0. The molecule has 1 aliphatic rings. The van der Waals surface area contributed by atoms with Crippen molar-refractivity contribution in [2.75, 3.05) is 0 Å². The van der Waals surface area contributed by atoms with Gasteiger partial charge in [0.1, 0.15) is 10.8 Å². The van der Waals surface area contributed by atoms with Crippen LogP contribution >= 0.6 is 23.4 Å². The second-order valence-electron chi connectivity index (χ2n) is 4.54. The van der Waals surface area contributed by atoms with E-state index in [4.69, 9.17) is 11.6 Å². The second kappa shape index (κ2) is 4.55. The fourth-order valence-corrected chi connectivity index (χ4v) is 3.39. The average Bonchev–Trinajstić information content (AvgIpc) is 2.97. The zero-order valence-corrected chi connectivity index (χ0v) is 11.8. The molecule has 18 heavy (non-hydrogen) atoms. The third-order valence-electron chi connectivity index (χ3n) is 2.98. The Hall–Kier alpha value is -1.07. The van der Waals surface area contributed by atoms with Gasteiger partial charge >= 0.3 is 0 Å². The predicted molar refractivity (Wildman–Crippen MR) is 73.6 cm³/mol. The summed E-state index contributed by atoms with van der Waals surface area (Å²) in [5.74, 6) is 2.51. The van der Waals surface area contributed by atoms with Crippen LogP contribution in [0, 0.1) is 0 Å². The van der Waals surface area contributed by atoms with Gasteiger partial charge in [0, 0.05) is 23.1 Å². The Morgan fingerprint density at radius 1 is 1.33 bits per heavy atom. The molecule has 2 aromatic rings. The molecule has 0 amide bonds. The van der Waals surface area contributed by atoms with Crippen molar-refractivity contribution in [2.45, 2.75) is 31.4 Å². The van der Waals surface area contributed by atoms with E-state index >= 15 is 0 Å². The summed E-state index contributed by atoms with van der Waals surface area (Å²) in [6.45, 7) is 4.21. The summed E-state index contributed by atoms with van der Waals surface area (Å²) in [4.78, 5) is 13.2. The van der Waals surface area contributed by atoms with Crippen LogP contribution in [0.3, 0.4) is 0 Å². The summed E-state index contributed by atoms with van der Waals surface area (Å²) in [5.41, 5.74) is 3.07. The number of hydrogen-bond acceptors (Lipinski definition) is 4. The van der Waals surface area contributed by atoms with Crippen molar-refractivity contribution in [3.8, 4) is 11.5 Å². The van der Waals surface area contributed by atoms with Crippen molar-refractivity contribution in [1.29, 1.82) is 0 Å². The van der Waals surface area contributed by atoms with Crippen molar-refractivity contribution in [3.63, 3.8) is 0 Å². The third kappa shape index (κ3) is 1.91. The van der Waals surface area contributed by atoms with E-state index in [0.717, 1.165) is 28.5 Å². The van der Waals surface area contributed by atoms with Crippen LogP contribution in [0.1, 0.15) is 31.1 Å². The molecule has 2 aromatic heterocycles. The van der Waals surface area contributed by atoms with Crippen LogP contribution in [0.4, 0.5) is 0 Å². The lowest BCUT2D eigenvalue weighted by atomic mass is 10.2. The molecule has 6 heteroatoms. The zero-order chi connectivity index (χ0) is 12.7. The van der Waals surface area contributed by atoms with Crippen molar-refractivity contribution < 1.29 is 0 Å². The van der Waals surface area contributed by atoms with Gasteiger partial charge in [0.25, 0.3) is 0 Å². The largest absolute Gasteiger partial charge is 0.325 e. The molecule has 0 N–H and O–H groups in total. The lowest BCUT2D eigenvalue weighted by molar-refractivity contribution is 0.603. The number of halogens is 1. The van der Waals surface area contributed by atoms with E-state index in [2.05, 4.69) is 33.4 Å². The van der Waals surface area contributed by atoms with E-state index in [9.17, 15) is 0 Å². The first-order chi connectivity index (χ1) is 8.66. The first kappa shape index (κ1) is 12.0. The lowest BCUT2D eigenvalue weighted by Gasteiger charge is -2.11. The minimum atomic E-state index is 0.326. The van der Waals surface area contributed by atoms with Gasteiger partial charge in [-0.15, -0.1) is 0 Å². The van der Waals surface area contributed by atoms with Crippen molar-refractivity contribution in [2.24, 2.45) is 0 Å². The minimum Gasteiger partial charge on any atom is -0.325 e. The molecule has 0 aliphatic carbocycles. The zero-order valence-electron chi connectivity index (χ0n) is 10.2. The van der Waals surface area contributed by atoms with Crippen molar-refractivity contribution >= 4 is 23.4 Å². The normalized spacial score (nSPS) is 14.2. The van der Waals surface area contributed by atoms with Gasteiger partial charge in [-0.1, -0.05) is 11.6 Å². The van der Waals surface area contributed by atoms with E-state index in [1.54, 1.807) is 12.5 Å². The molecule has 0 radical (unpaired) electrons.